The van der Waals surface area contributed by atoms with Crippen molar-refractivity contribution in [3.63, 3.8) is 0 Å². The molecule has 3 heteroatoms. The zero-order valence-corrected chi connectivity index (χ0v) is 11.6. The van der Waals surface area contributed by atoms with Gasteiger partial charge in [-0.15, -0.1) is 0 Å². The first-order chi connectivity index (χ1) is 8.08. The smallest absolute Gasteiger partial charge is 0.120 e. The summed E-state index contributed by atoms with van der Waals surface area (Å²) >= 11 is 5.98. The molecule has 2 N–H and O–H groups in total. The van der Waals surface area contributed by atoms with Gasteiger partial charge < -0.3 is 10.5 Å². The first-order valence-corrected chi connectivity index (χ1v) is 6.64. The van der Waals surface area contributed by atoms with Gasteiger partial charge in [0, 0.05) is 11.1 Å². The van der Waals surface area contributed by atoms with Crippen LogP contribution in [0, 0.1) is 6.92 Å². The van der Waals surface area contributed by atoms with Gasteiger partial charge in [0.25, 0.3) is 0 Å². The molecule has 0 saturated carbocycles. The number of rotatable bonds is 6. The minimum atomic E-state index is 0.0792. The van der Waals surface area contributed by atoms with Crippen LogP contribution in [0.1, 0.15) is 38.7 Å². The summed E-state index contributed by atoms with van der Waals surface area (Å²) in [6.45, 7) is 6.21. The van der Waals surface area contributed by atoms with Crippen LogP contribution in [0.4, 0.5) is 0 Å². The molecule has 2 nitrogen and oxygen atoms in total. The summed E-state index contributed by atoms with van der Waals surface area (Å²) in [6.07, 6.45) is 3.07. The highest BCUT2D eigenvalue weighted by atomic mass is 35.5. The summed E-state index contributed by atoms with van der Waals surface area (Å²) in [5.41, 5.74) is 7.13. The van der Waals surface area contributed by atoms with Crippen LogP contribution in [0.25, 0.3) is 0 Å². The molecule has 0 aliphatic rings. The number of hydrogen-bond donors (Lipinski definition) is 1. The fraction of sp³-hybridized carbons (Fsp3) is 0.571. The quantitative estimate of drug-likeness (QED) is 0.836. The predicted octanol–water partition coefficient (Wildman–Crippen LogP) is 3.93. The van der Waals surface area contributed by atoms with E-state index in [9.17, 15) is 0 Å². The molecule has 0 aromatic heterocycles. The predicted molar refractivity (Wildman–Crippen MR) is 73.8 cm³/mol. The van der Waals surface area contributed by atoms with Crippen molar-refractivity contribution in [2.45, 2.75) is 52.2 Å². The van der Waals surface area contributed by atoms with E-state index < -0.39 is 0 Å². The van der Waals surface area contributed by atoms with Crippen molar-refractivity contribution in [2.75, 3.05) is 0 Å². The van der Waals surface area contributed by atoms with E-state index in [4.69, 9.17) is 22.1 Å². The molecule has 0 saturated heterocycles. The van der Waals surface area contributed by atoms with Gasteiger partial charge in [0.15, 0.2) is 0 Å². The van der Waals surface area contributed by atoms with Gasteiger partial charge in [-0.05, 0) is 43.5 Å². The Bertz CT molecular complexity index is 354. The largest absolute Gasteiger partial charge is 0.489 e. The van der Waals surface area contributed by atoms with Crippen LogP contribution in [0.5, 0.6) is 5.75 Å². The zero-order valence-electron chi connectivity index (χ0n) is 10.9. The highest BCUT2D eigenvalue weighted by molar-refractivity contribution is 6.31. The Hall–Kier alpha value is -0.730. The molecule has 0 amide bonds. The summed E-state index contributed by atoms with van der Waals surface area (Å²) < 4.78 is 5.93. The Morgan fingerprint density at radius 1 is 1.35 bits per heavy atom. The lowest BCUT2D eigenvalue weighted by atomic mass is 10.0. The highest BCUT2D eigenvalue weighted by Crippen LogP contribution is 2.23. The first kappa shape index (κ1) is 14.3. The average Bonchev–Trinajstić information content (AvgIpc) is 2.30. The van der Waals surface area contributed by atoms with E-state index in [1.54, 1.807) is 0 Å². The van der Waals surface area contributed by atoms with Crippen LogP contribution in [0.2, 0.25) is 5.02 Å². The zero-order chi connectivity index (χ0) is 12.8. The van der Waals surface area contributed by atoms with Gasteiger partial charge in [-0.25, -0.2) is 0 Å². The summed E-state index contributed by atoms with van der Waals surface area (Å²) in [7, 11) is 0. The molecule has 0 heterocycles. The van der Waals surface area contributed by atoms with E-state index in [-0.39, 0.29) is 12.1 Å². The van der Waals surface area contributed by atoms with Crippen molar-refractivity contribution in [3.05, 3.63) is 28.8 Å². The summed E-state index contributed by atoms with van der Waals surface area (Å²) in [5.74, 6) is 0.852. The van der Waals surface area contributed by atoms with E-state index in [0.29, 0.717) is 0 Å². The van der Waals surface area contributed by atoms with E-state index in [1.165, 1.54) is 0 Å². The molecule has 1 aromatic carbocycles. The first-order valence-electron chi connectivity index (χ1n) is 6.26. The topological polar surface area (TPSA) is 35.2 Å². The molecule has 0 aliphatic carbocycles. The monoisotopic (exact) mass is 255 g/mol. The number of hydrogen-bond acceptors (Lipinski definition) is 2. The number of nitrogens with two attached hydrogens (primary N) is 1. The van der Waals surface area contributed by atoms with Crippen molar-refractivity contribution in [1.29, 1.82) is 0 Å². The molecule has 2 atom stereocenters. The summed E-state index contributed by atoms with van der Waals surface area (Å²) in [5, 5.41) is 0.767. The number of ether oxygens (including phenoxy) is 1. The van der Waals surface area contributed by atoms with E-state index in [0.717, 1.165) is 35.6 Å². The second kappa shape index (κ2) is 6.87. The molecule has 1 rings (SSSR count). The van der Waals surface area contributed by atoms with Crippen molar-refractivity contribution >= 4 is 11.6 Å². The van der Waals surface area contributed by atoms with Gasteiger partial charge in [-0.1, -0.05) is 31.9 Å². The molecule has 17 heavy (non-hydrogen) atoms. The highest BCUT2D eigenvalue weighted by Gasteiger charge is 2.17. The Morgan fingerprint density at radius 3 is 2.59 bits per heavy atom. The Morgan fingerprint density at radius 2 is 2.06 bits per heavy atom. The van der Waals surface area contributed by atoms with Crippen LogP contribution in [0.3, 0.4) is 0 Å². The molecule has 0 fully saturated rings. The maximum absolute atomic E-state index is 6.10. The molecule has 0 aliphatic heterocycles. The normalized spacial score (nSPS) is 14.4. The van der Waals surface area contributed by atoms with Crippen LogP contribution >= 0.6 is 11.6 Å². The third kappa shape index (κ3) is 4.21. The van der Waals surface area contributed by atoms with Crippen LogP contribution in [-0.4, -0.2) is 12.1 Å². The van der Waals surface area contributed by atoms with Gasteiger partial charge in [-0.2, -0.15) is 0 Å². The molecule has 96 valence electrons. The lowest BCUT2D eigenvalue weighted by molar-refractivity contribution is 0.161. The standard InChI is InChI=1S/C14H22ClNO/c1-4-6-13(16)14(5-2)17-11-7-8-12(15)10(3)9-11/h7-9,13-14H,4-6,16H2,1-3H3. The minimum Gasteiger partial charge on any atom is -0.489 e. The molecule has 1 aromatic rings. The molecule has 0 spiro atoms. The molecule has 0 radical (unpaired) electrons. The van der Waals surface area contributed by atoms with Crippen molar-refractivity contribution in [3.8, 4) is 5.75 Å². The molecular weight excluding hydrogens is 234 g/mol. The van der Waals surface area contributed by atoms with E-state index >= 15 is 0 Å². The molecule has 0 bridgehead atoms. The molecular formula is C14H22ClNO. The van der Waals surface area contributed by atoms with Crippen molar-refractivity contribution in [1.82, 2.24) is 0 Å². The third-order valence-corrected chi connectivity index (χ3v) is 3.34. The Balaban J connectivity index is 2.70. The van der Waals surface area contributed by atoms with E-state index in [1.807, 2.05) is 25.1 Å². The Labute approximate surface area is 109 Å². The third-order valence-electron chi connectivity index (χ3n) is 2.92. The van der Waals surface area contributed by atoms with E-state index in [2.05, 4.69) is 13.8 Å². The van der Waals surface area contributed by atoms with Crippen LogP contribution in [-0.2, 0) is 0 Å². The number of aryl methyl sites for hydroxylation is 1. The van der Waals surface area contributed by atoms with Crippen LogP contribution < -0.4 is 10.5 Å². The second-order valence-corrected chi connectivity index (χ2v) is 4.84. The second-order valence-electron chi connectivity index (χ2n) is 4.43. The minimum absolute atomic E-state index is 0.0792. The fourth-order valence-electron chi connectivity index (χ4n) is 1.86. The lowest BCUT2D eigenvalue weighted by Gasteiger charge is -2.24. The van der Waals surface area contributed by atoms with Crippen LogP contribution in [0.15, 0.2) is 18.2 Å². The number of benzene rings is 1. The maximum Gasteiger partial charge on any atom is 0.120 e. The van der Waals surface area contributed by atoms with Crippen molar-refractivity contribution in [2.24, 2.45) is 5.73 Å². The Kier molecular flexibility index (Phi) is 5.79. The summed E-state index contributed by atoms with van der Waals surface area (Å²) in [4.78, 5) is 0. The summed E-state index contributed by atoms with van der Waals surface area (Å²) in [6, 6.07) is 5.82. The lowest BCUT2D eigenvalue weighted by Crippen LogP contribution is -2.38. The average molecular weight is 256 g/mol. The van der Waals surface area contributed by atoms with Gasteiger partial charge in [0.2, 0.25) is 0 Å². The molecule has 2 unspecified atom stereocenters. The van der Waals surface area contributed by atoms with Gasteiger partial charge in [0.05, 0.1) is 0 Å². The number of halogens is 1. The van der Waals surface area contributed by atoms with Gasteiger partial charge in [0.1, 0.15) is 11.9 Å². The van der Waals surface area contributed by atoms with Crippen molar-refractivity contribution < 1.29 is 4.74 Å². The maximum atomic E-state index is 6.10. The SMILES string of the molecule is CCCC(N)C(CC)Oc1ccc(Cl)c(C)c1. The fourth-order valence-corrected chi connectivity index (χ4v) is 1.98. The van der Waals surface area contributed by atoms with Gasteiger partial charge >= 0.3 is 0 Å². The van der Waals surface area contributed by atoms with Gasteiger partial charge in [-0.3, -0.25) is 0 Å².